The summed E-state index contributed by atoms with van der Waals surface area (Å²) in [6.45, 7) is 6.95. The smallest absolute Gasteiger partial charge is 0.317 e. The third-order valence-electron chi connectivity index (χ3n) is 5.21. The van der Waals surface area contributed by atoms with Crippen LogP contribution in [0.4, 0.5) is 0 Å². The summed E-state index contributed by atoms with van der Waals surface area (Å²) in [6, 6.07) is 8.85. The summed E-state index contributed by atoms with van der Waals surface area (Å²) in [6.07, 6.45) is 3.13. The van der Waals surface area contributed by atoms with Crippen LogP contribution in [0.3, 0.4) is 0 Å². The summed E-state index contributed by atoms with van der Waals surface area (Å²) >= 11 is 0. The SMILES string of the molecule is CCC(CC(=O)NC1CC(N(CC)CC(=O)O)C1)c1ccc(C)cc1. The lowest BCUT2D eigenvalue weighted by Crippen LogP contribution is -2.54. The third kappa shape index (κ3) is 5.56. The van der Waals surface area contributed by atoms with Gasteiger partial charge in [-0.1, -0.05) is 43.7 Å². The second-order valence-electron chi connectivity index (χ2n) is 7.07. The van der Waals surface area contributed by atoms with Crippen LogP contribution in [-0.4, -0.2) is 47.1 Å². The van der Waals surface area contributed by atoms with Crippen LogP contribution in [-0.2, 0) is 9.59 Å². The average molecular weight is 346 g/mol. The number of rotatable bonds is 9. The first-order valence-corrected chi connectivity index (χ1v) is 9.24. The molecule has 0 radical (unpaired) electrons. The Morgan fingerprint density at radius 3 is 2.40 bits per heavy atom. The van der Waals surface area contributed by atoms with E-state index >= 15 is 0 Å². The van der Waals surface area contributed by atoms with Crippen LogP contribution < -0.4 is 5.32 Å². The molecule has 0 spiro atoms. The summed E-state index contributed by atoms with van der Waals surface area (Å²) in [7, 11) is 0. The van der Waals surface area contributed by atoms with Gasteiger partial charge in [0.05, 0.1) is 6.54 Å². The Kier molecular flexibility index (Phi) is 7.00. The molecule has 5 nitrogen and oxygen atoms in total. The Balaban J connectivity index is 1.79. The molecule has 1 aromatic rings. The van der Waals surface area contributed by atoms with Crippen LogP contribution in [0.2, 0.25) is 0 Å². The van der Waals surface area contributed by atoms with Gasteiger partial charge in [-0.05, 0) is 44.2 Å². The lowest BCUT2D eigenvalue weighted by Gasteiger charge is -2.42. The maximum atomic E-state index is 12.4. The van der Waals surface area contributed by atoms with Crippen molar-refractivity contribution in [3.63, 3.8) is 0 Å². The predicted molar refractivity (Wildman–Crippen MR) is 98.7 cm³/mol. The van der Waals surface area contributed by atoms with Crippen LogP contribution in [0.1, 0.15) is 56.6 Å². The first-order valence-electron chi connectivity index (χ1n) is 9.24. The fourth-order valence-electron chi connectivity index (χ4n) is 3.52. The molecule has 0 bridgehead atoms. The number of carbonyl (C=O) groups excluding carboxylic acids is 1. The van der Waals surface area contributed by atoms with Crippen LogP contribution in [0, 0.1) is 6.92 Å². The van der Waals surface area contributed by atoms with Gasteiger partial charge in [0.2, 0.25) is 5.91 Å². The Hall–Kier alpha value is -1.88. The van der Waals surface area contributed by atoms with Gasteiger partial charge in [0.15, 0.2) is 0 Å². The van der Waals surface area contributed by atoms with Crippen molar-refractivity contribution in [1.82, 2.24) is 10.2 Å². The maximum Gasteiger partial charge on any atom is 0.317 e. The summed E-state index contributed by atoms with van der Waals surface area (Å²) in [4.78, 5) is 25.2. The summed E-state index contributed by atoms with van der Waals surface area (Å²) in [5, 5.41) is 12.0. The highest BCUT2D eigenvalue weighted by Gasteiger charge is 2.34. The van der Waals surface area contributed by atoms with E-state index in [1.165, 1.54) is 11.1 Å². The number of nitrogens with zero attached hydrogens (tertiary/aromatic N) is 1. The normalized spacial score (nSPS) is 20.8. The fourth-order valence-corrected chi connectivity index (χ4v) is 3.52. The first-order chi connectivity index (χ1) is 11.9. The van der Waals surface area contributed by atoms with Gasteiger partial charge in [0, 0.05) is 18.5 Å². The Labute approximate surface area is 150 Å². The molecule has 138 valence electrons. The third-order valence-corrected chi connectivity index (χ3v) is 5.21. The zero-order valence-corrected chi connectivity index (χ0v) is 15.5. The van der Waals surface area contributed by atoms with Crippen molar-refractivity contribution in [2.24, 2.45) is 0 Å². The molecule has 1 aromatic carbocycles. The summed E-state index contributed by atoms with van der Waals surface area (Å²) in [5.41, 5.74) is 2.44. The number of hydrogen-bond acceptors (Lipinski definition) is 3. The lowest BCUT2D eigenvalue weighted by atomic mass is 9.84. The van der Waals surface area contributed by atoms with Gasteiger partial charge < -0.3 is 10.4 Å². The highest BCUT2D eigenvalue weighted by atomic mass is 16.4. The second kappa shape index (κ2) is 8.99. The molecule has 1 fully saturated rings. The van der Waals surface area contributed by atoms with E-state index in [0.717, 1.165) is 25.8 Å². The highest BCUT2D eigenvalue weighted by molar-refractivity contribution is 5.77. The minimum absolute atomic E-state index is 0.0766. The quantitative estimate of drug-likeness (QED) is 0.721. The van der Waals surface area contributed by atoms with E-state index in [9.17, 15) is 9.59 Å². The van der Waals surface area contributed by atoms with Gasteiger partial charge in [-0.25, -0.2) is 0 Å². The van der Waals surface area contributed by atoms with Crippen LogP contribution in [0.25, 0.3) is 0 Å². The van der Waals surface area contributed by atoms with E-state index in [1.54, 1.807) is 0 Å². The van der Waals surface area contributed by atoms with Crippen LogP contribution >= 0.6 is 0 Å². The predicted octanol–water partition coefficient (Wildman–Crippen LogP) is 2.93. The monoisotopic (exact) mass is 346 g/mol. The Morgan fingerprint density at radius 1 is 1.24 bits per heavy atom. The zero-order valence-electron chi connectivity index (χ0n) is 15.5. The molecule has 1 unspecified atom stereocenters. The van der Waals surface area contributed by atoms with Crippen molar-refractivity contribution in [1.29, 1.82) is 0 Å². The van der Waals surface area contributed by atoms with Crippen molar-refractivity contribution >= 4 is 11.9 Å². The van der Waals surface area contributed by atoms with E-state index in [2.05, 4.69) is 43.4 Å². The van der Waals surface area contributed by atoms with E-state index in [1.807, 2.05) is 11.8 Å². The molecule has 0 aromatic heterocycles. The van der Waals surface area contributed by atoms with Crippen molar-refractivity contribution < 1.29 is 14.7 Å². The number of nitrogens with one attached hydrogen (secondary N) is 1. The number of hydrogen-bond donors (Lipinski definition) is 2. The van der Waals surface area contributed by atoms with E-state index in [-0.39, 0.29) is 30.5 Å². The molecule has 1 amide bonds. The van der Waals surface area contributed by atoms with Crippen molar-refractivity contribution in [3.8, 4) is 0 Å². The molecule has 0 saturated heterocycles. The highest BCUT2D eigenvalue weighted by Crippen LogP contribution is 2.27. The average Bonchev–Trinajstić information content (AvgIpc) is 2.54. The maximum absolute atomic E-state index is 12.4. The molecule has 1 aliphatic carbocycles. The molecule has 1 saturated carbocycles. The van der Waals surface area contributed by atoms with Gasteiger partial charge in [-0.15, -0.1) is 0 Å². The number of aryl methyl sites for hydroxylation is 1. The van der Waals surface area contributed by atoms with Gasteiger partial charge in [0.25, 0.3) is 0 Å². The van der Waals surface area contributed by atoms with E-state index in [4.69, 9.17) is 5.11 Å². The largest absolute Gasteiger partial charge is 0.480 e. The number of aliphatic carboxylic acids is 1. The topological polar surface area (TPSA) is 69.6 Å². The number of amides is 1. The molecule has 5 heteroatoms. The van der Waals surface area contributed by atoms with Gasteiger partial charge >= 0.3 is 5.97 Å². The zero-order chi connectivity index (χ0) is 18.4. The van der Waals surface area contributed by atoms with E-state index in [0.29, 0.717) is 6.42 Å². The molecule has 2 rings (SSSR count). The van der Waals surface area contributed by atoms with E-state index < -0.39 is 5.97 Å². The molecule has 2 N–H and O–H groups in total. The lowest BCUT2D eigenvalue weighted by molar-refractivity contribution is -0.139. The minimum atomic E-state index is -0.793. The Morgan fingerprint density at radius 2 is 1.88 bits per heavy atom. The number of likely N-dealkylation sites (N-methyl/N-ethyl adjacent to an activating group) is 1. The minimum Gasteiger partial charge on any atom is -0.480 e. The van der Waals surface area contributed by atoms with Crippen molar-refractivity contribution in [2.45, 2.75) is 64.5 Å². The Bertz CT molecular complexity index is 579. The molecule has 1 aliphatic rings. The second-order valence-corrected chi connectivity index (χ2v) is 7.07. The molecular weight excluding hydrogens is 316 g/mol. The van der Waals surface area contributed by atoms with Gasteiger partial charge in [0.1, 0.15) is 0 Å². The molecule has 25 heavy (non-hydrogen) atoms. The van der Waals surface area contributed by atoms with Crippen molar-refractivity contribution in [2.75, 3.05) is 13.1 Å². The van der Waals surface area contributed by atoms with Gasteiger partial charge in [-0.2, -0.15) is 0 Å². The van der Waals surface area contributed by atoms with Gasteiger partial charge in [-0.3, -0.25) is 14.5 Å². The van der Waals surface area contributed by atoms with Crippen LogP contribution in [0.15, 0.2) is 24.3 Å². The van der Waals surface area contributed by atoms with Crippen molar-refractivity contribution in [3.05, 3.63) is 35.4 Å². The fraction of sp³-hybridized carbons (Fsp3) is 0.600. The molecule has 0 heterocycles. The number of carbonyl (C=O) groups is 2. The molecule has 0 aliphatic heterocycles. The summed E-state index contributed by atoms with van der Waals surface area (Å²) in [5.74, 6) is -0.453. The number of carboxylic acid groups (broad SMARTS) is 1. The number of benzene rings is 1. The first kappa shape index (κ1) is 19.4. The number of carboxylic acids is 1. The van der Waals surface area contributed by atoms with Crippen LogP contribution in [0.5, 0.6) is 0 Å². The summed E-state index contributed by atoms with van der Waals surface area (Å²) < 4.78 is 0. The molecule has 1 atom stereocenters. The molecular formula is C20H30N2O3. The standard InChI is InChI=1S/C20H30N2O3/c1-4-15(16-8-6-14(3)7-9-16)10-19(23)21-17-11-18(12-17)22(5-2)13-20(24)25/h6-9,15,17-18H,4-5,10-13H2,1-3H3,(H,21,23)(H,24,25).